The van der Waals surface area contributed by atoms with Crippen molar-refractivity contribution in [1.82, 2.24) is 16.0 Å². The first-order valence-electron chi connectivity index (χ1n) is 29.0. The number of carbonyl (C=O) groups is 5. The summed E-state index contributed by atoms with van der Waals surface area (Å²) in [6, 6.07) is -5.56. The number of rotatable bonds is 29. The molecule has 3 amide bonds. The maximum absolute atomic E-state index is 13.1. The Hall–Kier alpha value is -3.77. The number of aldehydes is 1. The van der Waals surface area contributed by atoms with Crippen LogP contribution in [0.1, 0.15) is 27.2 Å². The second-order valence-corrected chi connectivity index (χ2v) is 22.8. The fraction of sp³-hybridized carbons (Fsp3) is 0.902. The van der Waals surface area contributed by atoms with E-state index in [-0.39, 0.29) is 6.29 Å². The molecule has 538 valence electrons. The first kappa shape index (κ1) is 78.2. The van der Waals surface area contributed by atoms with Crippen molar-refractivity contribution in [2.75, 3.05) is 46.2 Å². The molecule has 42 heteroatoms. The minimum absolute atomic E-state index is 0.158. The highest BCUT2D eigenvalue weighted by molar-refractivity contribution is 5.77. The van der Waals surface area contributed by atoms with Gasteiger partial charge in [-0.05, 0) is 0 Å². The molecule has 25 N–H and O–H groups in total. The smallest absolute Gasteiger partial charge is 0.364 e. The van der Waals surface area contributed by atoms with E-state index in [1.807, 2.05) is 0 Å². The van der Waals surface area contributed by atoms with E-state index in [2.05, 4.69) is 16.0 Å². The van der Waals surface area contributed by atoms with Gasteiger partial charge in [0.25, 0.3) is 5.79 Å². The Kier molecular flexibility index (Phi) is 28.7. The standard InChI is InChI=1S/C51H85N3O39/c1-13(63)52-25-16(66)4-51(50(80)81,92-41(25)29(71)18(68)6-56)93-44-32(74)22(10-60)84-49(37(44)79)89-40-24(12-62)86-46(27(34(40)76)54-15(3)65)91-43-31(73)21(9-59)83-48(36(43)78)88-39-23(11-61)85-45(26(33(39)75)53-14(2)64)90-42-30(72)20(8-58)82-47(35(42)77)87-38(19(69)7-57)28(70)17(67)5-55/h5,16-49,56-62,66-79H,4,6-12H2,1-3H3,(H,52,63)(H,53,64)(H,54,65)(H,80,81). The molecule has 0 saturated carbocycles. The number of aliphatic hydroxyl groups excluding tert-OH is 21. The third kappa shape index (κ3) is 17.6. The van der Waals surface area contributed by atoms with Crippen molar-refractivity contribution in [1.29, 1.82) is 0 Å². The lowest BCUT2D eigenvalue weighted by Gasteiger charge is -2.51. The van der Waals surface area contributed by atoms with Gasteiger partial charge in [-0.15, -0.1) is 0 Å². The average molecular weight is 1360 g/mol. The second-order valence-electron chi connectivity index (χ2n) is 22.8. The molecule has 42 nitrogen and oxygen atoms in total. The van der Waals surface area contributed by atoms with Gasteiger partial charge in [-0.2, -0.15) is 0 Å². The van der Waals surface area contributed by atoms with E-state index in [1.165, 1.54) is 0 Å². The summed E-state index contributed by atoms with van der Waals surface area (Å²) in [6.07, 6.45) is -67.4. The highest BCUT2D eigenvalue weighted by Gasteiger charge is 2.62. The van der Waals surface area contributed by atoms with E-state index >= 15 is 0 Å². The Morgan fingerprint density at radius 3 is 1.24 bits per heavy atom. The summed E-state index contributed by atoms with van der Waals surface area (Å²) < 4.78 is 68.9. The van der Waals surface area contributed by atoms with Crippen LogP contribution in [0.3, 0.4) is 0 Å². The minimum Gasteiger partial charge on any atom is -0.477 e. The highest BCUT2D eigenvalue weighted by atomic mass is 16.8. The van der Waals surface area contributed by atoms with Gasteiger partial charge >= 0.3 is 5.97 Å². The quantitative estimate of drug-likeness (QED) is 0.0309. The van der Waals surface area contributed by atoms with Crippen LogP contribution in [0.2, 0.25) is 0 Å². The lowest BCUT2D eigenvalue weighted by Crippen LogP contribution is -2.71. The maximum atomic E-state index is 13.1. The molecular formula is C51H85N3O39. The van der Waals surface area contributed by atoms with Crippen molar-refractivity contribution >= 4 is 30.0 Å². The Balaban J connectivity index is 1.23. The van der Waals surface area contributed by atoms with Crippen LogP contribution in [0.4, 0.5) is 0 Å². The monoisotopic (exact) mass is 1360 g/mol. The molecule has 6 aliphatic heterocycles. The van der Waals surface area contributed by atoms with Crippen molar-refractivity contribution < 1.29 is 193 Å². The molecule has 0 aromatic rings. The molecule has 6 heterocycles. The van der Waals surface area contributed by atoms with E-state index in [4.69, 9.17) is 56.8 Å². The summed E-state index contributed by atoms with van der Waals surface area (Å²) in [5.41, 5.74) is 0. The fourth-order valence-electron chi connectivity index (χ4n) is 11.5. The van der Waals surface area contributed by atoms with Gasteiger partial charge in [0, 0.05) is 27.2 Å². The van der Waals surface area contributed by atoms with Gasteiger partial charge < -0.3 is 190 Å². The topological polar surface area (TPSA) is 677 Å². The summed E-state index contributed by atoms with van der Waals surface area (Å²) in [5.74, 6) is -8.09. The summed E-state index contributed by atoms with van der Waals surface area (Å²) in [6.45, 7) is -5.21. The predicted molar refractivity (Wildman–Crippen MR) is 285 cm³/mol. The van der Waals surface area contributed by atoms with Crippen LogP contribution >= 0.6 is 0 Å². The van der Waals surface area contributed by atoms with Crippen LogP contribution < -0.4 is 16.0 Å². The number of aliphatic carboxylic acids is 1. The van der Waals surface area contributed by atoms with E-state index in [0.29, 0.717) is 0 Å². The Morgan fingerprint density at radius 1 is 0.484 bits per heavy atom. The lowest BCUT2D eigenvalue weighted by molar-refractivity contribution is -0.391. The van der Waals surface area contributed by atoms with E-state index < -0.39 is 290 Å². The zero-order chi connectivity index (χ0) is 69.4. The molecule has 6 saturated heterocycles. The second kappa shape index (κ2) is 34.1. The van der Waals surface area contributed by atoms with Crippen LogP contribution in [-0.4, -0.2) is 403 Å². The molecule has 6 fully saturated rings. The van der Waals surface area contributed by atoms with Crippen LogP contribution in [0.5, 0.6) is 0 Å². The van der Waals surface area contributed by atoms with Crippen molar-refractivity contribution in [2.45, 2.75) is 241 Å². The summed E-state index contributed by atoms with van der Waals surface area (Å²) in [4.78, 5) is 61.9. The van der Waals surface area contributed by atoms with E-state index in [9.17, 15) is 136 Å². The number of carboxylic acids is 1. The molecule has 93 heavy (non-hydrogen) atoms. The SMILES string of the molecule is CC(=O)NC1C(OC2C(O)C(CO)OC(OC(C(O)CO)C(O)C(O)C=O)C2O)OC(CO)C(OC2OC(CO)C(O)C(OC3OC(CO)C(OC4OC(CO)C(O)C(OC5(C(=O)O)CC(O)C(NC(C)=O)C(C(O)C(O)CO)O5)C4O)C(O)C3NC(C)=O)C2O)C1O. The summed E-state index contributed by atoms with van der Waals surface area (Å²) >= 11 is 0. The molecular weight excluding hydrogens is 1280 g/mol. The number of amides is 3. The largest absolute Gasteiger partial charge is 0.477 e. The summed E-state index contributed by atoms with van der Waals surface area (Å²) in [7, 11) is 0. The molecule has 6 rings (SSSR count). The van der Waals surface area contributed by atoms with Crippen LogP contribution in [0.25, 0.3) is 0 Å². The van der Waals surface area contributed by atoms with Gasteiger partial charge in [0.1, 0.15) is 165 Å². The third-order valence-electron chi connectivity index (χ3n) is 16.3. The number of hydrogen-bond donors (Lipinski definition) is 25. The van der Waals surface area contributed by atoms with Crippen LogP contribution in [-0.2, 0) is 80.8 Å². The first-order chi connectivity index (χ1) is 43.8. The molecule has 0 spiro atoms. The molecule has 0 aromatic heterocycles. The van der Waals surface area contributed by atoms with Crippen LogP contribution in [0.15, 0.2) is 0 Å². The van der Waals surface area contributed by atoms with E-state index in [1.54, 1.807) is 0 Å². The summed E-state index contributed by atoms with van der Waals surface area (Å²) in [5, 5.41) is 245. The maximum Gasteiger partial charge on any atom is 0.364 e. The molecule has 0 aliphatic carbocycles. The number of ether oxygens (including phenoxy) is 12. The van der Waals surface area contributed by atoms with E-state index in [0.717, 1.165) is 20.8 Å². The molecule has 6 aliphatic rings. The van der Waals surface area contributed by atoms with Crippen molar-refractivity contribution in [3.63, 3.8) is 0 Å². The predicted octanol–water partition coefficient (Wildman–Crippen LogP) is -16.8. The number of carbonyl (C=O) groups excluding carboxylic acids is 4. The van der Waals surface area contributed by atoms with Crippen LogP contribution in [0, 0.1) is 0 Å². The Bertz CT molecular complexity index is 2400. The Morgan fingerprint density at radius 2 is 0.849 bits per heavy atom. The molecule has 0 aromatic carbocycles. The normalized spacial score (nSPS) is 43.6. The molecule has 0 radical (unpaired) electrons. The highest BCUT2D eigenvalue weighted by Crippen LogP contribution is 2.40. The average Bonchev–Trinajstić information content (AvgIpc) is 0.769. The fourth-order valence-corrected chi connectivity index (χ4v) is 11.5. The minimum atomic E-state index is -3.24. The van der Waals surface area contributed by atoms with Gasteiger partial charge in [-0.25, -0.2) is 4.79 Å². The lowest BCUT2D eigenvalue weighted by atomic mass is 9.88. The van der Waals surface area contributed by atoms with Gasteiger partial charge in [-0.3, -0.25) is 14.4 Å². The molecule has 35 atom stereocenters. The number of hydrogen-bond acceptors (Lipinski definition) is 38. The number of carboxylic acid groups (broad SMARTS) is 1. The van der Waals surface area contributed by atoms with Crippen molar-refractivity contribution in [2.24, 2.45) is 0 Å². The van der Waals surface area contributed by atoms with Crippen molar-refractivity contribution in [3.05, 3.63) is 0 Å². The number of nitrogens with one attached hydrogen (secondary N) is 3. The van der Waals surface area contributed by atoms with Gasteiger partial charge in [0.05, 0.1) is 58.4 Å². The first-order valence-corrected chi connectivity index (χ1v) is 29.0. The zero-order valence-corrected chi connectivity index (χ0v) is 49.6. The molecule has 35 unspecified atom stereocenters. The zero-order valence-electron chi connectivity index (χ0n) is 49.6. The number of aliphatic hydroxyl groups is 21. The van der Waals surface area contributed by atoms with Gasteiger partial charge in [0.2, 0.25) is 17.7 Å². The van der Waals surface area contributed by atoms with Crippen molar-refractivity contribution in [3.8, 4) is 0 Å². The third-order valence-corrected chi connectivity index (χ3v) is 16.3. The Labute approximate surface area is 525 Å². The van der Waals surface area contributed by atoms with Gasteiger partial charge in [-0.1, -0.05) is 0 Å². The van der Waals surface area contributed by atoms with Gasteiger partial charge in [0.15, 0.2) is 37.7 Å². The molecule has 0 bridgehead atoms.